The third-order valence-corrected chi connectivity index (χ3v) is 4.26. The summed E-state index contributed by atoms with van der Waals surface area (Å²) in [7, 11) is 1.50. The van der Waals surface area contributed by atoms with Crippen LogP contribution in [-0.2, 0) is 9.53 Å². The van der Waals surface area contributed by atoms with Crippen molar-refractivity contribution < 1.29 is 23.8 Å². The molecule has 2 aromatic rings. The summed E-state index contributed by atoms with van der Waals surface area (Å²) in [6.07, 6.45) is 2.78. The predicted molar refractivity (Wildman–Crippen MR) is 109 cm³/mol. The Morgan fingerprint density at radius 1 is 1.14 bits per heavy atom. The second-order valence-corrected chi connectivity index (χ2v) is 6.56. The molecular formula is C22H23ClO5. The van der Waals surface area contributed by atoms with E-state index in [0.717, 1.165) is 11.1 Å². The molecule has 28 heavy (non-hydrogen) atoms. The zero-order valence-electron chi connectivity index (χ0n) is 16.4. The Balaban J connectivity index is 2.02. The average Bonchev–Trinajstić information content (AvgIpc) is 2.64. The van der Waals surface area contributed by atoms with E-state index in [1.54, 1.807) is 18.2 Å². The van der Waals surface area contributed by atoms with Crippen LogP contribution in [0.4, 0.5) is 0 Å². The number of methoxy groups -OCH3 is 1. The van der Waals surface area contributed by atoms with Gasteiger partial charge in [-0.15, -0.1) is 0 Å². The summed E-state index contributed by atoms with van der Waals surface area (Å²) >= 11 is 6.18. The second kappa shape index (κ2) is 9.95. The highest BCUT2D eigenvalue weighted by Gasteiger charge is 2.12. The van der Waals surface area contributed by atoms with E-state index in [1.807, 2.05) is 32.9 Å². The minimum Gasteiger partial charge on any atom is -0.491 e. The Bertz CT molecular complexity index is 902. The Kier molecular flexibility index (Phi) is 7.64. The van der Waals surface area contributed by atoms with Gasteiger partial charge < -0.3 is 14.2 Å². The van der Waals surface area contributed by atoms with Crippen LogP contribution in [-0.4, -0.2) is 32.1 Å². The lowest BCUT2D eigenvalue weighted by molar-refractivity contribution is -0.136. The Hall–Kier alpha value is -2.79. The molecule has 0 N–H and O–H groups in total. The third kappa shape index (κ3) is 5.60. The van der Waals surface area contributed by atoms with E-state index in [1.165, 1.54) is 19.3 Å². The maximum Gasteiger partial charge on any atom is 0.331 e. The van der Waals surface area contributed by atoms with Gasteiger partial charge in [0.1, 0.15) is 0 Å². The molecule has 6 heteroatoms. The lowest BCUT2D eigenvalue weighted by Gasteiger charge is -2.11. The summed E-state index contributed by atoms with van der Waals surface area (Å²) in [6.45, 7) is 5.78. The number of Topliss-reactive ketones (excluding diaryl/α,β-unsaturated/α-hetero) is 1. The largest absolute Gasteiger partial charge is 0.491 e. The van der Waals surface area contributed by atoms with Crippen LogP contribution in [0.1, 0.15) is 34.0 Å². The molecule has 0 spiro atoms. The lowest BCUT2D eigenvalue weighted by atomic mass is 10.0. The van der Waals surface area contributed by atoms with Crippen molar-refractivity contribution in [2.24, 2.45) is 0 Å². The summed E-state index contributed by atoms with van der Waals surface area (Å²) < 4.78 is 15.8. The minimum atomic E-state index is -0.622. The minimum absolute atomic E-state index is 0.245. The van der Waals surface area contributed by atoms with E-state index < -0.39 is 5.97 Å². The summed E-state index contributed by atoms with van der Waals surface area (Å²) in [5.74, 6) is 0.0474. The molecule has 2 rings (SSSR count). The number of aryl methyl sites for hydroxylation is 2. The van der Waals surface area contributed by atoms with Gasteiger partial charge in [0.05, 0.1) is 18.7 Å². The smallest absolute Gasteiger partial charge is 0.331 e. The first kappa shape index (κ1) is 21.5. The van der Waals surface area contributed by atoms with E-state index in [4.69, 9.17) is 25.8 Å². The maximum atomic E-state index is 12.2. The monoisotopic (exact) mass is 402 g/mol. The highest BCUT2D eigenvalue weighted by molar-refractivity contribution is 6.32. The molecular weight excluding hydrogens is 380 g/mol. The molecule has 0 radical (unpaired) electrons. The van der Waals surface area contributed by atoms with Crippen molar-refractivity contribution in [2.75, 3.05) is 20.3 Å². The van der Waals surface area contributed by atoms with Crippen molar-refractivity contribution in [3.63, 3.8) is 0 Å². The first-order chi connectivity index (χ1) is 13.3. The number of carbonyl (C=O) groups excluding carboxylic acids is 2. The number of ether oxygens (including phenoxy) is 3. The Labute approximate surface area is 169 Å². The van der Waals surface area contributed by atoms with E-state index in [0.29, 0.717) is 34.3 Å². The van der Waals surface area contributed by atoms with Gasteiger partial charge in [-0.2, -0.15) is 0 Å². The van der Waals surface area contributed by atoms with Crippen LogP contribution >= 0.6 is 11.6 Å². The highest BCUT2D eigenvalue weighted by Crippen LogP contribution is 2.36. The van der Waals surface area contributed by atoms with Crippen molar-refractivity contribution in [3.8, 4) is 11.5 Å². The van der Waals surface area contributed by atoms with Gasteiger partial charge >= 0.3 is 5.97 Å². The zero-order valence-corrected chi connectivity index (χ0v) is 17.1. The lowest BCUT2D eigenvalue weighted by Crippen LogP contribution is -2.13. The van der Waals surface area contributed by atoms with Gasteiger partial charge in [-0.25, -0.2) is 4.79 Å². The van der Waals surface area contributed by atoms with E-state index in [-0.39, 0.29) is 12.4 Å². The third-order valence-electron chi connectivity index (χ3n) is 3.98. The molecule has 0 unspecified atom stereocenters. The molecule has 5 nitrogen and oxygen atoms in total. The summed E-state index contributed by atoms with van der Waals surface area (Å²) in [4.78, 5) is 24.2. The van der Waals surface area contributed by atoms with Crippen molar-refractivity contribution in [2.45, 2.75) is 20.8 Å². The number of carbonyl (C=O) groups is 2. The molecule has 0 saturated carbocycles. The van der Waals surface area contributed by atoms with Crippen LogP contribution in [0.3, 0.4) is 0 Å². The molecule has 0 aliphatic carbocycles. The van der Waals surface area contributed by atoms with Gasteiger partial charge in [-0.1, -0.05) is 35.4 Å². The van der Waals surface area contributed by atoms with E-state index >= 15 is 0 Å². The van der Waals surface area contributed by atoms with Crippen molar-refractivity contribution in [3.05, 3.63) is 63.7 Å². The molecule has 0 aromatic heterocycles. The average molecular weight is 403 g/mol. The van der Waals surface area contributed by atoms with Crippen molar-refractivity contribution in [1.29, 1.82) is 0 Å². The van der Waals surface area contributed by atoms with Gasteiger partial charge in [0.2, 0.25) is 5.78 Å². The van der Waals surface area contributed by atoms with Gasteiger partial charge in [-0.3, -0.25) is 4.79 Å². The molecule has 2 aromatic carbocycles. The zero-order chi connectivity index (χ0) is 20.7. The van der Waals surface area contributed by atoms with Crippen LogP contribution in [0.15, 0.2) is 36.4 Å². The fourth-order valence-electron chi connectivity index (χ4n) is 2.70. The van der Waals surface area contributed by atoms with Crippen LogP contribution in [0.2, 0.25) is 5.02 Å². The standard InChI is InChI=1S/C22H23ClO5/c1-5-27-20-12-16(11-18(23)22(20)26-4)7-9-21(25)28-13-19(24)17-8-6-14(2)10-15(17)3/h6-12H,5,13H2,1-4H3/b9-7+. The van der Waals surface area contributed by atoms with E-state index in [9.17, 15) is 9.59 Å². The number of ketones is 1. The number of hydrogen-bond acceptors (Lipinski definition) is 5. The van der Waals surface area contributed by atoms with Gasteiger partial charge in [-0.05, 0) is 50.1 Å². The number of benzene rings is 2. The van der Waals surface area contributed by atoms with Crippen molar-refractivity contribution in [1.82, 2.24) is 0 Å². The Morgan fingerprint density at radius 3 is 2.54 bits per heavy atom. The van der Waals surface area contributed by atoms with Crippen LogP contribution < -0.4 is 9.47 Å². The number of rotatable bonds is 8. The molecule has 0 aliphatic rings. The summed E-state index contributed by atoms with van der Waals surface area (Å²) in [5, 5.41) is 0.367. The fourth-order valence-corrected chi connectivity index (χ4v) is 2.99. The van der Waals surface area contributed by atoms with Crippen LogP contribution in [0.25, 0.3) is 6.08 Å². The fraction of sp³-hybridized carbons (Fsp3) is 0.273. The molecule has 0 saturated heterocycles. The van der Waals surface area contributed by atoms with Gasteiger partial charge in [0, 0.05) is 11.6 Å². The Morgan fingerprint density at radius 2 is 1.89 bits per heavy atom. The quantitative estimate of drug-likeness (QED) is 0.360. The van der Waals surface area contributed by atoms with Crippen LogP contribution in [0.5, 0.6) is 11.5 Å². The van der Waals surface area contributed by atoms with Crippen molar-refractivity contribution >= 4 is 29.4 Å². The van der Waals surface area contributed by atoms with Crippen LogP contribution in [0, 0.1) is 13.8 Å². The van der Waals surface area contributed by atoms with Gasteiger partial charge in [0.25, 0.3) is 0 Å². The molecule has 0 amide bonds. The first-order valence-electron chi connectivity index (χ1n) is 8.81. The molecule has 0 bridgehead atoms. The maximum absolute atomic E-state index is 12.2. The number of esters is 1. The summed E-state index contributed by atoms with van der Waals surface area (Å²) in [5.41, 5.74) is 3.11. The SMILES string of the molecule is CCOc1cc(/C=C/C(=O)OCC(=O)c2ccc(C)cc2C)cc(Cl)c1OC. The number of hydrogen-bond donors (Lipinski definition) is 0. The molecule has 0 fully saturated rings. The number of halogens is 1. The summed E-state index contributed by atoms with van der Waals surface area (Å²) in [6, 6.07) is 8.86. The van der Waals surface area contributed by atoms with E-state index in [2.05, 4.69) is 0 Å². The normalized spacial score (nSPS) is 10.8. The molecule has 0 heterocycles. The highest BCUT2D eigenvalue weighted by atomic mass is 35.5. The first-order valence-corrected chi connectivity index (χ1v) is 9.19. The van der Waals surface area contributed by atoms with Gasteiger partial charge in [0.15, 0.2) is 18.1 Å². The molecule has 0 aliphatic heterocycles. The predicted octanol–water partition coefficient (Wildman–Crippen LogP) is 4.80. The molecule has 0 atom stereocenters. The second-order valence-electron chi connectivity index (χ2n) is 6.15. The molecule has 148 valence electrons. The topological polar surface area (TPSA) is 61.8 Å².